The molecule has 0 radical (unpaired) electrons. The summed E-state index contributed by atoms with van der Waals surface area (Å²) < 4.78 is 5.98. The number of nitrogens with one attached hydrogen (secondary N) is 1. The van der Waals surface area contributed by atoms with Crippen LogP contribution < -0.4 is 15.8 Å². The highest BCUT2D eigenvalue weighted by atomic mass is 32.1. The van der Waals surface area contributed by atoms with Gasteiger partial charge >= 0.3 is 0 Å². The molecule has 0 unspecified atom stereocenters. The topological polar surface area (TPSA) is 77.2 Å². The van der Waals surface area contributed by atoms with E-state index < -0.39 is 0 Å². The maximum atomic E-state index is 12.2. The molecule has 1 aromatic carbocycles. The van der Waals surface area contributed by atoms with Crippen LogP contribution in [0.5, 0.6) is 5.75 Å². The molecule has 1 aliphatic rings. The quantitative estimate of drug-likeness (QED) is 0.817. The number of benzene rings is 1. The second kappa shape index (κ2) is 7.57. The highest BCUT2D eigenvalue weighted by Crippen LogP contribution is 2.27. The Bertz CT molecular complexity index is 667. The molecule has 1 amide bonds. The third kappa shape index (κ3) is 4.09. The number of thiazole rings is 1. The van der Waals surface area contributed by atoms with Crippen LogP contribution in [0.1, 0.15) is 40.3 Å². The van der Waals surface area contributed by atoms with E-state index >= 15 is 0 Å². The molecule has 2 aromatic rings. The summed E-state index contributed by atoms with van der Waals surface area (Å²) in [5, 5.41) is 5.58. The average Bonchev–Trinajstić information content (AvgIpc) is 2.98. The van der Waals surface area contributed by atoms with Crippen molar-refractivity contribution in [2.75, 3.05) is 6.54 Å². The van der Waals surface area contributed by atoms with Crippen molar-refractivity contribution in [1.82, 2.24) is 10.3 Å². The summed E-state index contributed by atoms with van der Waals surface area (Å²) in [5.74, 6) is 0.697. The van der Waals surface area contributed by atoms with Gasteiger partial charge < -0.3 is 15.8 Å². The van der Waals surface area contributed by atoms with Crippen molar-refractivity contribution in [1.29, 1.82) is 0 Å². The Kier molecular flexibility index (Phi) is 5.25. The number of ether oxygens (including phenoxy) is 1. The molecule has 1 saturated carbocycles. The van der Waals surface area contributed by atoms with Crippen LogP contribution in [0.3, 0.4) is 0 Å². The SMILES string of the molecule is NCCc1nc(C(=O)NCc2ccccc2OC2CCC2)cs1. The number of nitrogens with two attached hydrogens (primary N) is 1. The summed E-state index contributed by atoms with van der Waals surface area (Å²) in [4.78, 5) is 16.5. The average molecular weight is 331 g/mol. The first kappa shape index (κ1) is 16.0. The highest BCUT2D eigenvalue weighted by molar-refractivity contribution is 7.09. The van der Waals surface area contributed by atoms with E-state index in [1.165, 1.54) is 17.8 Å². The molecule has 122 valence electrons. The number of nitrogens with zero attached hydrogens (tertiary/aromatic N) is 1. The minimum absolute atomic E-state index is 0.164. The van der Waals surface area contributed by atoms with Gasteiger partial charge in [-0.15, -0.1) is 11.3 Å². The second-order valence-electron chi connectivity index (χ2n) is 5.63. The normalized spacial score (nSPS) is 14.3. The number of amides is 1. The Labute approximate surface area is 139 Å². The Morgan fingerprint density at radius 2 is 2.22 bits per heavy atom. The van der Waals surface area contributed by atoms with Crippen molar-refractivity contribution in [3.8, 4) is 5.75 Å². The molecule has 6 heteroatoms. The maximum absolute atomic E-state index is 12.2. The van der Waals surface area contributed by atoms with Crippen LogP contribution in [0.4, 0.5) is 0 Å². The first-order valence-electron chi connectivity index (χ1n) is 7.93. The lowest BCUT2D eigenvalue weighted by Crippen LogP contribution is -2.27. The second-order valence-corrected chi connectivity index (χ2v) is 6.57. The lowest BCUT2D eigenvalue weighted by Gasteiger charge is -2.27. The molecule has 3 N–H and O–H groups in total. The Balaban J connectivity index is 1.59. The number of para-hydroxylation sites is 1. The summed E-state index contributed by atoms with van der Waals surface area (Å²) in [6.45, 7) is 0.978. The Morgan fingerprint density at radius 3 is 2.96 bits per heavy atom. The van der Waals surface area contributed by atoms with Gasteiger partial charge in [0.15, 0.2) is 0 Å². The van der Waals surface area contributed by atoms with Crippen LogP contribution in [0.15, 0.2) is 29.6 Å². The minimum Gasteiger partial charge on any atom is -0.490 e. The summed E-state index contributed by atoms with van der Waals surface area (Å²) in [6.07, 6.45) is 4.49. The van der Waals surface area contributed by atoms with Crippen LogP contribution >= 0.6 is 11.3 Å². The van der Waals surface area contributed by atoms with E-state index in [9.17, 15) is 4.79 Å². The van der Waals surface area contributed by atoms with Crippen LogP contribution in [-0.2, 0) is 13.0 Å². The lowest BCUT2D eigenvalue weighted by atomic mass is 9.96. The van der Waals surface area contributed by atoms with Gasteiger partial charge in [0.05, 0.1) is 11.1 Å². The molecule has 1 heterocycles. The number of rotatable bonds is 7. The molecular formula is C17H21N3O2S. The third-order valence-corrected chi connectivity index (χ3v) is 4.81. The standard InChI is InChI=1S/C17H21N3O2S/c18-9-8-16-20-14(11-23-16)17(21)19-10-12-4-1-2-7-15(12)22-13-5-3-6-13/h1-2,4,7,11,13H,3,5-6,8-10,18H2,(H,19,21). The van der Waals surface area contributed by atoms with Crippen LogP contribution in [0.25, 0.3) is 0 Å². The maximum Gasteiger partial charge on any atom is 0.271 e. The Morgan fingerprint density at radius 1 is 1.39 bits per heavy atom. The van der Waals surface area contributed by atoms with Crippen molar-refractivity contribution < 1.29 is 9.53 Å². The summed E-state index contributed by atoms with van der Waals surface area (Å²) >= 11 is 1.47. The largest absolute Gasteiger partial charge is 0.490 e. The fourth-order valence-electron chi connectivity index (χ4n) is 2.35. The number of hydrogen-bond donors (Lipinski definition) is 2. The van der Waals surface area contributed by atoms with Crippen molar-refractivity contribution in [3.05, 3.63) is 45.9 Å². The molecule has 1 fully saturated rings. The van der Waals surface area contributed by atoms with E-state index in [2.05, 4.69) is 10.3 Å². The molecule has 3 rings (SSSR count). The monoisotopic (exact) mass is 331 g/mol. The molecule has 0 atom stereocenters. The van der Waals surface area contributed by atoms with Gasteiger partial charge in [-0.1, -0.05) is 18.2 Å². The fraction of sp³-hybridized carbons (Fsp3) is 0.412. The Hall–Kier alpha value is -1.92. The predicted octanol–water partition coefficient (Wildman–Crippen LogP) is 2.51. The summed E-state index contributed by atoms with van der Waals surface area (Å²) in [6, 6.07) is 7.85. The van der Waals surface area contributed by atoms with E-state index in [-0.39, 0.29) is 5.91 Å². The smallest absolute Gasteiger partial charge is 0.271 e. The fourth-order valence-corrected chi connectivity index (χ4v) is 3.15. The van der Waals surface area contributed by atoms with Gasteiger partial charge in [-0.25, -0.2) is 4.98 Å². The zero-order chi connectivity index (χ0) is 16.1. The molecule has 23 heavy (non-hydrogen) atoms. The number of carbonyl (C=O) groups excluding carboxylic acids is 1. The van der Waals surface area contributed by atoms with E-state index in [4.69, 9.17) is 10.5 Å². The molecule has 0 aliphatic heterocycles. The minimum atomic E-state index is -0.164. The highest BCUT2D eigenvalue weighted by Gasteiger charge is 2.20. The van der Waals surface area contributed by atoms with Crippen molar-refractivity contribution in [2.24, 2.45) is 5.73 Å². The van der Waals surface area contributed by atoms with Gasteiger partial charge in [-0.2, -0.15) is 0 Å². The molecule has 0 saturated heterocycles. The van der Waals surface area contributed by atoms with Crippen LogP contribution in [0, 0.1) is 0 Å². The van der Waals surface area contributed by atoms with Crippen molar-refractivity contribution in [2.45, 2.75) is 38.3 Å². The van der Waals surface area contributed by atoms with Gasteiger partial charge in [-0.05, 0) is 31.9 Å². The van der Waals surface area contributed by atoms with Gasteiger partial charge in [-0.3, -0.25) is 4.79 Å². The van der Waals surface area contributed by atoms with Crippen molar-refractivity contribution >= 4 is 17.2 Å². The van der Waals surface area contributed by atoms with E-state index in [0.29, 0.717) is 31.3 Å². The lowest BCUT2D eigenvalue weighted by molar-refractivity contribution is 0.0944. The predicted molar refractivity (Wildman–Crippen MR) is 90.8 cm³/mol. The number of hydrogen-bond acceptors (Lipinski definition) is 5. The molecule has 1 aromatic heterocycles. The van der Waals surface area contributed by atoms with Crippen LogP contribution in [0.2, 0.25) is 0 Å². The van der Waals surface area contributed by atoms with E-state index in [0.717, 1.165) is 29.2 Å². The zero-order valence-corrected chi connectivity index (χ0v) is 13.8. The molecular weight excluding hydrogens is 310 g/mol. The zero-order valence-electron chi connectivity index (χ0n) is 13.0. The third-order valence-electron chi connectivity index (χ3n) is 3.90. The van der Waals surface area contributed by atoms with E-state index in [1.807, 2.05) is 24.3 Å². The van der Waals surface area contributed by atoms with Crippen LogP contribution in [-0.4, -0.2) is 23.5 Å². The van der Waals surface area contributed by atoms with Crippen molar-refractivity contribution in [3.63, 3.8) is 0 Å². The number of carbonyl (C=O) groups is 1. The number of aromatic nitrogens is 1. The van der Waals surface area contributed by atoms with Gasteiger partial charge in [0, 0.05) is 23.9 Å². The van der Waals surface area contributed by atoms with Gasteiger partial charge in [0.25, 0.3) is 5.91 Å². The summed E-state index contributed by atoms with van der Waals surface area (Å²) in [7, 11) is 0. The first-order chi connectivity index (χ1) is 11.3. The molecule has 0 bridgehead atoms. The van der Waals surface area contributed by atoms with E-state index in [1.54, 1.807) is 5.38 Å². The van der Waals surface area contributed by atoms with Gasteiger partial charge in [0.2, 0.25) is 0 Å². The first-order valence-corrected chi connectivity index (χ1v) is 8.81. The summed E-state index contributed by atoms with van der Waals surface area (Å²) in [5.41, 5.74) is 6.95. The molecule has 0 spiro atoms. The molecule has 1 aliphatic carbocycles. The molecule has 5 nitrogen and oxygen atoms in total. The van der Waals surface area contributed by atoms with Gasteiger partial charge in [0.1, 0.15) is 11.4 Å².